The Morgan fingerprint density at radius 1 is 1.23 bits per heavy atom. The Labute approximate surface area is 175 Å². The van der Waals surface area contributed by atoms with Crippen LogP contribution in [0.2, 0.25) is 0 Å². The van der Waals surface area contributed by atoms with Crippen LogP contribution in [0.4, 0.5) is 0 Å². The van der Waals surface area contributed by atoms with Crippen molar-refractivity contribution in [2.45, 2.75) is 45.1 Å². The molecule has 8 heteroatoms. The van der Waals surface area contributed by atoms with Crippen molar-refractivity contribution in [3.63, 3.8) is 0 Å². The van der Waals surface area contributed by atoms with Gasteiger partial charge in [-0.25, -0.2) is 14.3 Å². The molecular formula is C22H27N3O5. The number of aromatic nitrogens is 2. The fourth-order valence-corrected chi connectivity index (χ4v) is 3.11. The van der Waals surface area contributed by atoms with Gasteiger partial charge >= 0.3 is 11.9 Å². The zero-order valence-electron chi connectivity index (χ0n) is 17.5. The van der Waals surface area contributed by atoms with Crippen molar-refractivity contribution in [3.05, 3.63) is 47.8 Å². The molecule has 2 aromatic rings. The number of ether oxygens (including phenoxy) is 2. The second-order valence-electron chi connectivity index (χ2n) is 7.51. The summed E-state index contributed by atoms with van der Waals surface area (Å²) in [5, 5.41) is 7.15. The van der Waals surface area contributed by atoms with Crippen LogP contribution in [0.15, 0.2) is 36.4 Å². The summed E-state index contributed by atoms with van der Waals surface area (Å²) in [5.41, 5.74) is 1.85. The van der Waals surface area contributed by atoms with Crippen LogP contribution >= 0.6 is 0 Å². The maximum Gasteiger partial charge on any atom is 0.357 e. The van der Waals surface area contributed by atoms with Crippen molar-refractivity contribution in [1.82, 2.24) is 15.1 Å². The lowest BCUT2D eigenvalue weighted by molar-refractivity contribution is -0.147. The van der Waals surface area contributed by atoms with Crippen molar-refractivity contribution < 1.29 is 23.9 Å². The monoisotopic (exact) mass is 413 g/mol. The predicted molar refractivity (Wildman–Crippen MR) is 109 cm³/mol. The Balaban J connectivity index is 1.68. The highest BCUT2D eigenvalue weighted by atomic mass is 16.5. The molecule has 0 saturated heterocycles. The van der Waals surface area contributed by atoms with Crippen LogP contribution in [-0.4, -0.2) is 47.4 Å². The number of hydrogen-bond donors (Lipinski definition) is 1. The lowest BCUT2D eigenvalue weighted by atomic mass is 9.99. The molecule has 0 unspecified atom stereocenters. The summed E-state index contributed by atoms with van der Waals surface area (Å²) in [6, 6.07) is 10.2. The molecule has 30 heavy (non-hydrogen) atoms. The minimum absolute atomic E-state index is 0.113. The number of esters is 2. The first kappa shape index (κ1) is 21.5. The lowest BCUT2D eigenvalue weighted by Crippen LogP contribution is -2.47. The van der Waals surface area contributed by atoms with E-state index in [2.05, 4.69) is 10.4 Å². The third-order valence-corrected chi connectivity index (χ3v) is 5.25. The molecule has 1 aromatic heterocycles. The Kier molecular flexibility index (Phi) is 6.87. The number of carbonyl (C=O) groups is 3. The Morgan fingerprint density at radius 2 is 1.93 bits per heavy atom. The van der Waals surface area contributed by atoms with Crippen LogP contribution in [0.1, 0.15) is 55.2 Å². The smallest absolute Gasteiger partial charge is 0.357 e. The van der Waals surface area contributed by atoms with Gasteiger partial charge in [0, 0.05) is 5.92 Å². The number of carbonyl (C=O) groups excluding carboxylic acids is 3. The van der Waals surface area contributed by atoms with E-state index in [1.807, 2.05) is 44.2 Å². The van der Waals surface area contributed by atoms with E-state index in [0.717, 1.165) is 24.2 Å². The van der Waals surface area contributed by atoms with E-state index in [9.17, 15) is 14.4 Å². The van der Waals surface area contributed by atoms with Crippen molar-refractivity contribution >= 4 is 17.8 Å². The zero-order chi connectivity index (χ0) is 21.7. The van der Waals surface area contributed by atoms with E-state index in [1.54, 1.807) is 10.7 Å². The van der Waals surface area contributed by atoms with Crippen molar-refractivity contribution in [1.29, 1.82) is 0 Å². The van der Waals surface area contributed by atoms with Gasteiger partial charge in [0.1, 0.15) is 6.04 Å². The summed E-state index contributed by atoms with van der Waals surface area (Å²) in [7, 11) is 1.27. The van der Waals surface area contributed by atoms with Crippen LogP contribution in [-0.2, 0) is 19.1 Å². The summed E-state index contributed by atoms with van der Waals surface area (Å²) in [5.74, 6) is -1.49. The predicted octanol–water partition coefficient (Wildman–Crippen LogP) is 2.61. The number of nitrogens with zero attached hydrogens (tertiary/aromatic N) is 2. The molecule has 0 radical (unpaired) electrons. The average Bonchev–Trinajstić information content (AvgIpc) is 3.53. The molecular weight excluding hydrogens is 386 g/mol. The zero-order valence-corrected chi connectivity index (χ0v) is 17.5. The minimum Gasteiger partial charge on any atom is -0.467 e. The SMILES string of the molecule is CC[C@H](C)[C@@H](NC(=O)COC(=O)c1cc(C2CC2)nn1-c1ccccc1)C(=O)OC. The van der Waals surface area contributed by atoms with Crippen molar-refractivity contribution in [2.75, 3.05) is 13.7 Å². The number of rotatable bonds is 9. The first-order valence-electron chi connectivity index (χ1n) is 10.1. The van der Waals surface area contributed by atoms with Crippen molar-refractivity contribution in [2.24, 2.45) is 5.92 Å². The molecule has 1 amide bonds. The third kappa shape index (κ3) is 5.06. The lowest BCUT2D eigenvalue weighted by Gasteiger charge is -2.21. The fourth-order valence-electron chi connectivity index (χ4n) is 3.11. The van der Waals surface area contributed by atoms with E-state index < -0.39 is 30.5 Å². The van der Waals surface area contributed by atoms with Crippen LogP contribution in [0.25, 0.3) is 5.69 Å². The van der Waals surface area contributed by atoms with Gasteiger partial charge in [-0.2, -0.15) is 5.10 Å². The number of nitrogens with one attached hydrogen (secondary N) is 1. The topological polar surface area (TPSA) is 99.5 Å². The van der Waals surface area contributed by atoms with Crippen LogP contribution < -0.4 is 5.32 Å². The molecule has 1 aliphatic rings. The Bertz CT molecular complexity index is 905. The number of hydrogen-bond acceptors (Lipinski definition) is 6. The molecule has 1 saturated carbocycles. The molecule has 1 N–H and O–H groups in total. The molecule has 0 aliphatic heterocycles. The van der Waals surface area contributed by atoms with Crippen molar-refractivity contribution in [3.8, 4) is 5.69 Å². The fraction of sp³-hybridized carbons (Fsp3) is 0.455. The molecule has 1 aromatic carbocycles. The summed E-state index contributed by atoms with van der Waals surface area (Å²) in [4.78, 5) is 36.9. The molecule has 0 bridgehead atoms. The van der Waals surface area contributed by atoms with Gasteiger partial charge in [0.25, 0.3) is 5.91 Å². The van der Waals surface area contributed by atoms with Crippen LogP contribution in [0.5, 0.6) is 0 Å². The maximum atomic E-state index is 12.7. The quantitative estimate of drug-likeness (QED) is 0.635. The van der Waals surface area contributed by atoms with Crippen LogP contribution in [0, 0.1) is 5.92 Å². The molecule has 3 rings (SSSR count). The number of methoxy groups -OCH3 is 1. The van der Waals surface area contributed by atoms with E-state index in [-0.39, 0.29) is 11.6 Å². The van der Waals surface area contributed by atoms with E-state index in [1.165, 1.54) is 7.11 Å². The van der Waals surface area contributed by atoms with E-state index >= 15 is 0 Å². The summed E-state index contributed by atoms with van der Waals surface area (Å²) in [6.45, 7) is 3.25. The summed E-state index contributed by atoms with van der Waals surface area (Å²) >= 11 is 0. The highest BCUT2D eigenvalue weighted by Gasteiger charge is 2.30. The van der Waals surface area contributed by atoms with Gasteiger partial charge in [-0.15, -0.1) is 0 Å². The molecule has 160 valence electrons. The normalized spacial score (nSPS) is 15.2. The van der Waals surface area contributed by atoms with Gasteiger partial charge in [0.05, 0.1) is 18.5 Å². The van der Waals surface area contributed by atoms with Gasteiger partial charge in [-0.3, -0.25) is 4.79 Å². The second-order valence-corrected chi connectivity index (χ2v) is 7.51. The van der Waals surface area contributed by atoms with E-state index in [0.29, 0.717) is 12.3 Å². The standard InChI is InChI=1S/C22H27N3O5/c1-4-14(2)20(22(28)29-3)23-19(26)13-30-21(27)18-12-17(15-10-11-15)24-25(18)16-8-6-5-7-9-16/h5-9,12,14-15,20H,4,10-11,13H2,1-3H3,(H,23,26)/t14-,20+/m0/s1. The largest absolute Gasteiger partial charge is 0.467 e. The number of benzene rings is 1. The van der Waals surface area contributed by atoms with Gasteiger partial charge < -0.3 is 14.8 Å². The second kappa shape index (κ2) is 9.56. The number of amides is 1. The molecule has 1 fully saturated rings. The molecule has 2 atom stereocenters. The highest BCUT2D eigenvalue weighted by Crippen LogP contribution is 2.39. The van der Waals surface area contributed by atoms with Gasteiger partial charge in [0.15, 0.2) is 12.3 Å². The van der Waals surface area contributed by atoms with Crippen LogP contribution in [0.3, 0.4) is 0 Å². The van der Waals surface area contributed by atoms with Gasteiger partial charge in [0.2, 0.25) is 0 Å². The first-order chi connectivity index (χ1) is 14.4. The minimum atomic E-state index is -0.789. The van der Waals surface area contributed by atoms with E-state index in [4.69, 9.17) is 9.47 Å². The third-order valence-electron chi connectivity index (χ3n) is 5.25. The van der Waals surface area contributed by atoms with Gasteiger partial charge in [-0.05, 0) is 37.0 Å². The molecule has 8 nitrogen and oxygen atoms in total. The summed E-state index contributed by atoms with van der Waals surface area (Å²) in [6.07, 6.45) is 2.78. The van der Waals surface area contributed by atoms with Gasteiger partial charge in [-0.1, -0.05) is 38.5 Å². The first-order valence-corrected chi connectivity index (χ1v) is 10.1. The molecule has 1 aliphatic carbocycles. The maximum absolute atomic E-state index is 12.7. The highest BCUT2D eigenvalue weighted by molar-refractivity contribution is 5.91. The Hall–Kier alpha value is -3.16. The summed E-state index contributed by atoms with van der Waals surface area (Å²) < 4.78 is 11.5. The number of para-hydroxylation sites is 1. The average molecular weight is 413 g/mol. The Morgan fingerprint density at radius 3 is 2.53 bits per heavy atom. The molecule has 1 heterocycles. The molecule has 0 spiro atoms.